The standard InChI is InChI=1S/C24H23N3O2/c1-2-24(23(28)29)10-8-17(9-11-24)20-14-19-7-4-12-26-21(19)22(27-20)18-6-3-5-16(13-18)15-25/h3-7,12-14,17H,2,8-11H2,1H3,(H,28,29). The van der Waals surface area contributed by atoms with Crippen molar-refractivity contribution in [2.45, 2.75) is 44.9 Å². The zero-order chi connectivity index (χ0) is 20.4. The number of hydrogen-bond donors (Lipinski definition) is 1. The van der Waals surface area contributed by atoms with Crippen LogP contribution >= 0.6 is 0 Å². The van der Waals surface area contributed by atoms with Gasteiger partial charge in [-0.15, -0.1) is 0 Å². The van der Waals surface area contributed by atoms with Crippen LogP contribution in [0.3, 0.4) is 0 Å². The van der Waals surface area contributed by atoms with Crippen LogP contribution in [-0.2, 0) is 4.79 Å². The van der Waals surface area contributed by atoms with Crippen molar-refractivity contribution in [3.05, 3.63) is 59.9 Å². The van der Waals surface area contributed by atoms with Gasteiger partial charge in [-0.3, -0.25) is 14.8 Å². The topological polar surface area (TPSA) is 86.9 Å². The second kappa shape index (κ2) is 7.63. The predicted molar refractivity (Wildman–Crippen MR) is 111 cm³/mol. The van der Waals surface area contributed by atoms with Crippen LogP contribution in [0.4, 0.5) is 0 Å². The van der Waals surface area contributed by atoms with Crippen LogP contribution in [0.5, 0.6) is 0 Å². The molecule has 0 spiro atoms. The predicted octanol–water partition coefficient (Wildman–Crippen LogP) is 5.31. The Morgan fingerprint density at radius 2 is 2.03 bits per heavy atom. The Morgan fingerprint density at radius 3 is 2.72 bits per heavy atom. The molecule has 1 saturated carbocycles. The number of carboxylic acid groups (broad SMARTS) is 1. The molecule has 0 radical (unpaired) electrons. The van der Waals surface area contributed by atoms with Gasteiger partial charge in [0.2, 0.25) is 0 Å². The molecule has 1 aliphatic rings. The van der Waals surface area contributed by atoms with E-state index in [1.807, 2.05) is 37.3 Å². The molecule has 2 heterocycles. The van der Waals surface area contributed by atoms with Crippen LogP contribution in [0.15, 0.2) is 48.7 Å². The third-order valence-electron chi connectivity index (χ3n) is 6.36. The van der Waals surface area contributed by atoms with Crippen molar-refractivity contribution in [1.82, 2.24) is 9.97 Å². The molecule has 0 saturated heterocycles. The minimum absolute atomic E-state index is 0.233. The highest BCUT2D eigenvalue weighted by Gasteiger charge is 2.41. The first-order valence-corrected chi connectivity index (χ1v) is 10.1. The SMILES string of the molecule is CCC1(C(=O)O)CCC(c2cc3cccnc3c(-c3cccc(C#N)c3)n2)CC1. The van der Waals surface area contributed by atoms with E-state index in [2.05, 4.69) is 17.1 Å². The van der Waals surface area contributed by atoms with Gasteiger partial charge in [-0.2, -0.15) is 5.26 Å². The van der Waals surface area contributed by atoms with E-state index in [4.69, 9.17) is 4.98 Å². The molecule has 2 aromatic heterocycles. The number of fused-ring (bicyclic) bond motifs is 1. The molecule has 1 aliphatic carbocycles. The summed E-state index contributed by atoms with van der Waals surface area (Å²) in [7, 11) is 0. The lowest BCUT2D eigenvalue weighted by Crippen LogP contribution is -2.34. The van der Waals surface area contributed by atoms with Crippen molar-refractivity contribution >= 4 is 16.9 Å². The van der Waals surface area contributed by atoms with E-state index < -0.39 is 11.4 Å². The van der Waals surface area contributed by atoms with E-state index in [1.54, 1.807) is 12.3 Å². The number of rotatable bonds is 4. The van der Waals surface area contributed by atoms with Gasteiger partial charge in [0, 0.05) is 28.8 Å². The van der Waals surface area contributed by atoms with Crippen molar-refractivity contribution in [2.75, 3.05) is 0 Å². The summed E-state index contributed by atoms with van der Waals surface area (Å²) >= 11 is 0. The first-order chi connectivity index (χ1) is 14.1. The number of nitriles is 1. The maximum absolute atomic E-state index is 11.8. The number of carboxylic acids is 1. The summed E-state index contributed by atoms with van der Waals surface area (Å²) in [6, 6.07) is 15.6. The molecule has 3 aromatic rings. The summed E-state index contributed by atoms with van der Waals surface area (Å²) in [6.45, 7) is 1.97. The van der Waals surface area contributed by atoms with Crippen LogP contribution in [0.1, 0.15) is 56.2 Å². The van der Waals surface area contributed by atoms with Gasteiger partial charge in [0.05, 0.1) is 28.3 Å². The van der Waals surface area contributed by atoms with Crippen LogP contribution in [0.2, 0.25) is 0 Å². The molecule has 0 aliphatic heterocycles. The molecular weight excluding hydrogens is 362 g/mol. The monoisotopic (exact) mass is 385 g/mol. The van der Waals surface area contributed by atoms with Crippen LogP contribution in [0, 0.1) is 16.7 Å². The maximum Gasteiger partial charge on any atom is 0.309 e. The van der Waals surface area contributed by atoms with Gasteiger partial charge >= 0.3 is 5.97 Å². The fourth-order valence-electron chi connectivity index (χ4n) is 4.44. The zero-order valence-electron chi connectivity index (χ0n) is 16.4. The molecular formula is C24H23N3O2. The molecule has 1 fully saturated rings. The largest absolute Gasteiger partial charge is 0.481 e. The lowest BCUT2D eigenvalue weighted by atomic mass is 9.68. The zero-order valence-corrected chi connectivity index (χ0v) is 16.4. The number of benzene rings is 1. The summed E-state index contributed by atoms with van der Waals surface area (Å²) in [5, 5.41) is 20.0. The van der Waals surface area contributed by atoms with Gasteiger partial charge in [-0.25, -0.2) is 0 Å². The smallest absolute Gasteiger partial charge is 0.309 e. The first-order valence-electron chi connectivity index (χ1n) is 10.1. The molecule has 146 valence electrons. The molecule has 0 atom stereocenters. The summed E-state index contributed by atoms with van der Waals surface area (Å²) in [6.07, 6.45) is 5.40. The van der Waals surface area contributed by atoms with Gasteiger partial charge in [0.15, 0.2) is 0 Å². The van der Waals surface area contributed by atoms with Gasteiger partial charge in [0.25, 0.3) is 0 Å². The Balaban J connectivity index is 1.75. The lowest BCUT2D eigenvalue weighted by molar-refractivity contribution is -0.151. The molecule has 29 heavy (non-hydrogen) atoms. The number of hydrogen-bond acceptors (Lipinski definition) is 4. The minimum atomic E-state index is -0.678. The van der Waals surface area contributed by atoms with E-state index in [-0.39, 0.29) is 5.92 Å². The fraction of sp³-hybridized carbons (Fsp3) is 0.333. The Morgan fingerprint density at radius 1 is 1.24 bits per heavy atom. The Labute approximate surface area is 170 Å². The molecule has 0 amide bonds. The molecule has 1 N–H and O–H groups in total. The van der Waals surface area contributed by atoms with Gasteiger partial charge in [-0.1, -0.05) is 25.1 Å². The highest BCUT2D eigenvalue weighted by Crippen LogP contribution is 2.45. The van der Waals surface area contributed by atoms with Gasteiger partial charge in [0.1, 0.15) is 0 Å². The molecule has 1 aromatic carbocycles. The van der Waals surface area contributed by atoms with Gasteiger partial charge in [-0.05, 0) is 56.4 Å². The molecule has 5 heteroatoms. The third kappa shape index (κ3) is 3.47. The summed E-state index contributed by atoms with van der Waals surface area (Å²) in [5.41, 5.74) is 3.44. The lowest BCUT2D eigenvalue weighted by Gasteiger charge is -2.36. The minimum Gasteiger partial charge on any atom is -0.481 e. The number of nitrogens with zero attached hydrogens (tertiary/aromatic N) is 3. The van der Waals surface area contributed by atoms with E-state index in [9.17, 15) is 15.2 Å². The van der Waals surface area contributed by atoms with E-state index >= 15 is 0 Å². The van der Waals surface area contributed by atoms with Gasteiger partial charge < -0.3 is 5.11 Å². The van der Waals surface area contributed by atoms with Crippen LogP contribution in [-0.4, -0.2) is 21.0 Å². The Bertz CT molecular complexity index is 1110. The summed E-state index contributed by atoms with van der Waals surface area (Å²) in [4.78, 5) is 21.3. The number of aromatic nitrogens is 2. The van der Waals surface area contributed by atoms with Crippen molar-refractivity contribution in [1.29, 1.82) is 5.26 Å². The van der Waals surface area contributed by atoms with Crippen molar-refractivity contribution in [2.24, 2.45) is 5.41 Å². The summed E-state index contributed by atoms with van der Waals surface area (Å²) < 4.78 is 0. The quantitative estimate of drug-likeness (QED) is 0.658. The van der Waals surface area contributed by atoms with Crippen molar-refractivity contribution in [3.63, 3.8) is 0 Å². The number of aliphatic carboxylic acids is 1. The van der Waals surface area contributed by atoms with E-state index in [0.29, 0.717) is 24.8 Å². The fourth-order valence-corrected chi connectivity index (χ4v) is 4.44. The van der Waals surface area contributed by atoms with Crippen molar-refractivity contribution < 1.29 is 9.90 Å². The van der Waals surface area contributed by atoms with E-state index in [0.717, 1.165) is 40.7 Å². The maximum atomic E-state index is 11.8. The summed E-state index contributed by atoms with van der Waals surface area (Å²) in [5.74, 6) is -0.445. The second-order valence-electron chi connectivity index (χ2n) is 7.88. The average molecular weight is 385 g/mol. The number of pyridine rings is 2. The second-order valence-corrected chi connectivity index (χ2v) is 7.88. The van der Waals surface area contributed by atoms with Crippen LogP contribution < -0.4 is 0 Å². The third-order valence-corrected chi connectivity index (χ3v) is 6.36. The first kappa shape index (κ1) is 19.1. The molecule has 5 nitrogen and oxygen atoms in total. The Hall–Kier alpha value is -3.26. The molecule has 4 rings (SSSR count). The molecule has 0 unspecified atom stereocenters. The molecule has 0 bridgehead atoms. The normalized spacial score (nSPS) is 21.6. The Kier molecular flexibility index (Phi) is 5.02. The number of carbonyl (C=O) groups is 1. The van der Waals surface area contributed by atoms with Crippen LogP contribution in [0.25, 0.3) is 22.2 Å². The van der Waals surface area contributed by atoms with E-state index in [1.165, 1.54) is 0 Å². The van der Waals surface area contributed by atoms with Crippen molar-refractivity contribution in [3.8, 4) is 17.3 Å². The highest BCUT2D eigenvalue weighted by atomic mass is 16.4. The average Bonchev–Trinajstić information content (AvgIpc) is 2.78. The highest BCUT2D eigenvalue weighted by molar-refractivity contribution is 5.91.